The van der Waals surface area contributed by atoms with Gasteiger partial charge in [0, 0.05) is 13.3 Å². The van der Waals surface area contributed by atoms with E-state index in [1.807, 2.05) is 6.07 Å². The summed E-state index contributed by atoms with van der Waals surface area (Å²) in [6.07, 6.45) is -4.18. The number of hydrogen-bond donors (Lipinski definition) is 5. The van der Waals surface area contributed by atoms with Gasteiger partial charge in [0.05, 0.1) is 6.61 Å². The van der Waals surface area contributed by atoms with Crippen LogP contribution in [0.25, 0.3) is 0 Å². The third-order valence-electron chi connectivity index (χ3n) is 3.87. The first-order valence-corrected chi connectivity index (χ1v) is 7.04. The summed E-state index contributed by atoms with van der Waals surface area (Å²) >= 11 is 0. The molecule has 1 aliphatic rings. The molecule has 5 N–H and O–H groups in total. The van der Waals surface area contributed by atoms with E-state index in [-0.39, 0.29) is 6.42 Å². The summed E-state index contributed by atoms with van der Waals surface area (Å²) in [6, 6.07) is 7.65. The van der Waals surface area contributed by atoms with E-state index in [4.69, 9.17) is 4.74 Å². The Morgan fingerprint density at radius 1 is 1.32 bits per heavy atom. The van der Waals surface area contributed by atoms with Crippen molar-refractivity contribution in [3.8, 4) is 0 Å². The number of carbonyl (C=O) groups excluding carboxylic acids is 1. The van der Waals surface area contributed by atoms with Crippen molar-refractivity contribution in [1.29, 1.82) is 0 Å². The van der Waals surface area contributed by atoms with Crippen molar-refractivity contribution in [2.75, 3.05) is 6.61 Å². The van der Waals surface area contributed by atoms with E-state index < -0.39 is 42.7 Å². The summed E-state index contributed by atoms with van der Waals surface area (Å²) in [5, 5.41) is 43.0. The molecule has 0 unspecified atom stereocenters. The fourth-order valence-electron chi connectivity index (χ4n) is 2.78. The molecule has 0 radical (unpaired) electrons. The standard InChI is InChI=1S/C15H21NO6/c1-9(18)16-12-14(20)22-11(8-17)13(19)15(12,21)7-10-5-3-2-4-6-10/h2-6,11-14,17,19-21H,7-8H2,1H3,(H,16,18)/t11-,12-,13-,14+,15-/m1/s1. The third-order valence-corrected chi connectivity index (χ3v) is 3.87. The van der Waals surface area contributed by atoms with Gasteiger partial charge in [-0.25, -0.2) is 0 Å². The lowest BCUT2D eigenvalue weighted by molar-refractivity contribution is -0.287. The number of nitrogens with one attached hydrogen (secondary N) is 1. The van der Waals surface area contributed by atoms with Gasteiger partial charge < -0.3 is 30.5 Å². The number of rotatable bonds is 4. The topological polar surface area (TPSA) is 119 Å². The maximum Gasteiger partial charge on any atom is 0.217 e. The average molecular weight is 311 g/mol. The minimum atomic E-state index is -1.88. The maximum atomic E-state index is 11.3. The number of amides is 1. The lowest BCUT2D eigenvalue weighted by atomic mass is 9.78. The molecule has 0 aromatic heterocycles. The smallest absolute Gasteiger partial charge is 0.217 e. The molecule has 1 aromatic carbocycles. The van der Waals surface area contributed by atoms with Gasteiger partial charge in [-0.05, 0) is 5.56 Å². The second-order valence-electron chi connectivity index (χ2n) is 5.52. The van der Waals surface area contributed by atoms with Crippen LogP contribution in [0.3, 0.4) is 0 Å². The molecule has 0 spiro atoms. The second kappa shape index (κ2) is 6.72. The third kappa shape index (κ3) is 3.29. The molecule has 0 saturated carbocycles. The van der Waals surface area contributed by atoms with Crippen LogP contribution >= 0.6 is 0 Å². The normalized spacial score (nSPS) is 35.1. The molecule has 7 nitrogen and oxygen atoms in total. The van der Waals surface area contributed by atoms with Crippen molar-refractivity contribution in [2.45, 2.75) is 43.5 Å². The molecule has 122 valence electrons. The van der Waals surface area contributed by atoms with E-state index >= 15 is 0 Å². The number of aliphatic hydroxyl groups is 4. The highest BCUT2D eigenvalue weighted by atomic mass is 16.6. The van der Waals surface area contributed by atoms with E-state index in [9.17, 15) is 25.2 Å². The minimum absolute atomic E-state index is 0.0170. The zero-order chi connectivity index (χ0) is 16.3. The van der Waals surface area contributed by atoms with Gasteiger partial charge >= 0.3 is 0 Å². The van der Waals surface area contributed by atoms with Gasteiger partial charge in [-0.1, -0.05) is 30.3 Å². The average Bonchev–Trinajstić information content (AvgIpc) is 2.48. The quantitative estimate of drug-likeness (QED) is 0.463. The van der Waals surface area contributed by atoms with Crippen molar-refractivity contribution in [3.05, 3.63) is 35.9 Å². The summed E-state index contributed by atoms with van der Waals surface area (Å²) in [7, 11) is 0. The zero-order valence-corrected chi connectivity index (χ0v) is 12.2. The van der Waals surface area contributed by atoms with Crippen LogP contribution in [0.2, 0.25) is 0 Å². The van der Waals surface area contributed by atoms with Crippen LogP contribution in [-0.4, -0.2) is 63.1 Å². The van der Waals surface area contributed by atoms with Crippen molar-refractivity contribution in [2.24, 2.45) is 0 Å². The van der Waals surface area contributed by atoms with Gasteiger partial charge in [0.2, 0.25) is 5.91 Å². The second-order valence-corrected chi connectivity index (χ2v) is 5.52. The van der Waals surface area contributed by atoms with Crippen LogP contribution in [0.4, 0.5) is 0 Å². The highest BCUT2D eigenvalue weighted by Crippen LogP contribution is 2.32. The van der Waals surface area contributed by atoms with Crippen LogP contribution < -0.4 is 5.32 Å². The predicted molar refractivity (Wildman–Crippen MR) is 76.7 cm³/mol. The van der Waals surface area contributed by atoms with Crippen LogP contribution in [0, 0.1) is 0 Å². The Morgan fingerprint density at radius 2 is 1.95 bits per heavy atom. The Labute approximate surface area is 128 Å². The monoisotopic (exact) mass is 311 g/mol. The number of ether oxygens (including phenoxy) is 1. The molecule has 1 amide bonds. The van der Waals surface area contributed by atoms with E-state index in [2.05, 4.69) is 5.32 Å². The first kappa shape index (κ1) is 16.9. The predicted octanol–water partition coefficient (Wildman–Crippen LogP) is -1.46. The maximum absolute atomic E-state index is 11.3. The highest BCUT2D eigenvalue weighted by Gasteiger charge is 2.55. The summed E-state index contributed by atoms with van der Waals surface area (Å²) in [6.45, 7) is 0.669. The lowest BCUT2D eigenvalue weighted by Crippen LogP contribution is -2.72. The zero-order valence-electron chi connectivity index (χ0n) is 12.2. The summed E-state index contributed by atoms with van der Waals surface area (Å²) in [5.74, 6) is -0.478. The van der Waals surface area contributed by atoms with Gasteiger partial charge in [-0.15, -0.1) is 0 Å². The van der Waals surface area contributed by atoms with Gasteiger partial charge in [-0.2, -0.15) is 0 Å². The molecule has 1 saturated heterocycles. The van der Waals surface area contributed by atoms with Crippen LogP contribution in [0.5, 0.6) is 0 Å². The van der Waals surface area contributed by atoms with Crippen LogP contribution in [0.1, 0.15) is 12.5 Å². The Balaban J connectivity index is 2.35. The molecular weight excluding hydrogens is 290 g/mol. The Morgan fingerprint density at radius 3 is 2.50 bits per heavy atom. The highest BCUT2D eigenvalue weighted by molar-refractivity contribution is 5.73. The van der Waals surface area contributed by atoms with Crippen LogP contribution in [-0.2, 0) is 16.0 Å². The molecule has 1 aliphatic heterocycles. The van der Waals surface area contributed by atoms with Gasteiger partial charge in [0.1, 0.15) is 23.9 Å². The molecule has 2 rings (SSSR count). The number of benzene rings is 1. The molecule has 1 aromatic rings. The molecular formula is C15H21NO6. The molecule has 0 bridgehead atoms. The molecule has 1 heterocycles. The molecule has 22 heavy (non-hydrogen) atoms. The van der Waals surface area contributed by atoms with E-state index in [1.165, 1.54) is 6.92 Å². The summed E-state index contributed by atoms with van der Waals surface area (Å²) in [5.41, 5.74) is -1.16. The van der Waals surface area contributed by atoms with E-state index in [1.54, 1.807) is 24.3 Å². The van der Waals surface area contributed by atoms with Crippen molar-refractivity contribution in [3.63, 3.8) is 0 Å². The van der Waals surface area contributed by atoms with Gasteiger partial charge in [0.15, 0.2) is 6.29 Å². The van der Waals surface area contributed by atoms with E-state index in [0.717, 1.165) is 0 Å². The first-order valence-electron chi connectivity index (χ1n) is 7.04. The lowest BCUT2D eigenvalue weighted by Gasteiger charge is -2.48. The summed E-state index contributed by atoms with van der Waals surface area (Å²) in [4.78, 5) is 11.3. The fourth-order valence-corrected chi connectivity index (χ4v) is 2.78. The SMILES string of the molecule is CC(=O)N[C@@H]1[C@@H](O)O[C@H](CO)[C@@H](O)[C@@]1(O)Cc1ccccc1. The number of hydrogen-bond acceptors (Lipinski definition) is 6. The first-order chi connectivity index (χ1) is 10.4. The number of aliphatic hydroxyl groups excluding tert-OH is 3. The van der Waals surface area contributed by atoms with Gasteiger partial charge in [0.25, 0.3) is 0 Å². The Hall–Kier alpha value is -1.51. The Bertz CT molecular complexity index is 510. The van der Waals surface area contributed by atoms with Gasteiger partial charge in [-0.3, -0.25) is 4.79 Å². The van der Waals surface area contributed by atoms with Crippen molar-refractivity contribution < 1.29 is 30.0 Å². The Kier molecular flexibility index (Phi) is 5.15. The largest absolute Gasteiger partial charge is 0.394 e. The molecule has 1 fully saturated rings. The molecule has 0 aliphatic carbocycles. The van der Waals surface area contributed by atoms with Crippen molar-refractivity contribution in [1.82, 2.24) is 5.32 Å². The van der Waals surface area contributed by atoms with E-state index in [0.29, 0.717) is 5.56 Å². The molecule has 7 heteroatoms. The van der Waals surface area contributed by atoms with Crippen LogP contribution in [0.15, 0.2) is 30.3 Å². The summed E-state index contributed by atoms with van der Waals surface area (Å²) < 4.78 is 5.08. The van der Waals surface area contributed by atoms with Crippen molar-refractivity contribution >= 4 is 5.91 Å². The molecule has 5 atom stereocenters. The number of carbonyl (C=O) groups is 1. The minimum Gasteiger partial charge on any atom is -0.394 e. The fraction of sp³-hybridized carbons (Fsp3) is 0.533.